The molecule has 0 radical (unpaired) electrons. The minimum atomic E-state index is -1.44. The van der Waals surface area contributed by atoms with Crippen LogP contribution in [0.4, 0.5) is 0 Å². The van der Waals surface area contributed by atoms with Crippen LogP contribution in [0.2, 0.25) is 0 Å². The Kier molecular flexibility index (Phi) is 5.78. The maximum Gasteiger partial charge on any atom is 0.186 e. The van der Waals surface area contributed by atoms with E-state index < -0.39 is 43.6 Å². The van der Waals surface area contributed by atoms with Gasteiger partial charge in [-0.05, 0) is 24.7 Å². The van der Waals surface area contributed by atoms with Gasteiger partial charge in [0.1, 0.15) is 24.4 Å². The van der Waals surface area contributed by atoms with Crippen LogP contribution < -0.4 is 0 Å². The molecule has 8 nitrogen and oxygen atoms in total. The molecule has 2 heterocycles. The normalized spacial score (nSPS) is 52.2. The predicted molar refractivity (Wildman–Crippen MR) is 80.5 cm³/mol. The third-order valence-electron chi connectivity index (χ3n) is 5.85. The fraction of sp³-hybridized carbons (Fsp3) is 1.00. The van der Waals surface area contributed by atoms with Crippen molar-refractivity contribution in [1.82, 2.24) is 0 Å². The lowest BCUT2D eigenvalue weighted by Crippen LogP contribution is -2.59. The molecule has 0 amide bonds. The standard InChI is InChI=1S/C16H28O8/c1-7-2-3-9-8(5-22-15(21)11(7)9)6-23-16-14(20)13(19)12(18)10(4-17)24-16/h7-21H,2-6H2,1H3/t7-,8-,9-,10+,11-,12+,13-,14+,15-,16+/m1/s1. The smallest absolute Gasteiger partial charge is 0.186 e. The molecule has 140 valence electrons. The fourth-order valence-electron chi connectivity index (χ4n) is 4.36. The van der Waals surface area contributed by atoms with Crippen LogP contribution in [0.1, 0.15) is 19.8 Å². The van der Waals surface area contributed by atoms with E-state index in [1.807, 2.05) is 0 Å². The van der Waals surface area contributed by atoms with Gasteiger partial charge in [-0.2, -0.15) is 0 Å². The molecule has 1 saturated carbocycles. The monoisotopic (exact) mass is 348 g/mol. The summed E-state index contributed by atoms with van der Waals surface area (Å²) in [6, 6.07) is 0. The van der Waals surface area contributed by atoms with Gasteiger partial charge in [0.25, 0.3) is 0 Å². The first-order chi connectivity index (χ1) is 11.4. The summed E-state index contributed by atoms with van der Waals surface area (Å²) in [5.74, 6) is 0.826. The van der Waals surface area contributed by atoms with Crippen molar-refractivity contribution < 1.29 is 39.7 Å². The van der Waals surface area contributed by atoms with Gasteiger partial charge in [0.2, 0.25) is 0 Å². The van der Waals surface area contributed by atoms with Gasteiger partial charge >= 0.3 is 0 Å². The predicted octanol–water partition coefficient (Wildman–Crippen LogP) is -1.57. The number of ether oxygens (including phenoxy) is 3. The lowest BCUT2D eigenvalue weighted by molar-refractivity contribution is -0.307. The lowest BCUT2D eigenvalue weighted by atomic mass is 9.79. The Morgan fingerprint density at radius 2 is 1.79 bits per heavy atom. The van der Waals surface area contributed by atoms with Gasteiger partial charge in [-0.25, -0.2) is 0 Å². The van der Waals surface area contributed by atoms with Crippen LogP contribution in [0, 0.1) is 23.7 Å². The summed E-state index contributed by atoms with van der Waals surface area (Å²) in [6.07, 6.45) is -5.03. The Bertz CT molecular complexity index is 417. The Morgan fingerprint density at radius 1 is 1.04 bits per heavy atom. The van der Waals surface area contributed by atoms with E-state index in [2.05, 4.69) is 6.92 Å². The second kappa shape index (κ2) is 7.51. The molecule has 2 saturated heterocycles. The number of aliphatic hydroxyl groups excluding tert-OH is 5. The summed E-state index contributed by atoms with van der Waals surface area (Å²) in [6.45, 7) is 2.25. The molecule has 24 heavy (non-hydrogen) atoms. The zero-order valence-electron chi connectivity index (χ0n) is 13.8. The van der Waals surface area contributed by atoms with Gasteiger partial charge in [-0.1, -0.05) is 6.92 Å². The number of hydrogen-bond donors (Lipinski definition) is 5. The van der Waals surface area contributed by atoms with Crippen molar-refractivity contribution >= 4 is 0 Å². The zero-order valence-corrected chi connectivity index (χ0v) is 13.8. The molecule has 0 bridgehead atoms. The molecule has 1 aliphatic carbocycles. The molecule has 0 unspecified atom stereocenters. The molecular formula is C16H28O8. The average Bonchev–Trinajstić information content (AvgIpc) is 2.97. The van der Waals surface area contributed by atoms with E-state index >= 15 is 0 Å². The van der Waals surface area contributed by atoms with Crippen molar-refractivity contribution in [2.24, 2.45) is 23.7 Å². The van der Waals surface area contributed by atoms with E-state index in [1.165, 1.54) is 0 Å². The van der Waals surface area contributed by atoms with Crippen molar-refractivity contribution in [3.63, 3.8) is 0 Å². The van der Waals surface area contributed by atoms with E-state index in [0.717, 1.165) is 12.8 Å². The Balaban J connectivity index is 1.59. The van der Waals surface area contributed by atoms with Crippen molar-refractivity contribution in [1.29, 1.82) is 0 Å². The SMILES string of the molecule is C[C@@H]1CC[C@@H]2[C@@H](CO[C@H]3O[C@@H](CO)[C@H](O)[C@@H](O)[C@@H]3O)CO[C@@H](O)[C@@H]21. The third kappa shape index (κ3) is 3.34. The summed E-state index contributed by atoms with van der Waals surface area (Å²) in [5.41, 5.74) is 0. The van der Waals surface area contributed by atoms with Gasteiger partial charge < -0.3 is 39.7 Å². The van der Waals surface area contributed by atoms with E-state index in [-0.39, 0.29) is 24.4 Å². The highest BCUT2D eigenvalue weighted by Crippen LogP contribution is 2.46. The highest BCUT2D eigenvalue weighted by atomic mass is 16.7. The molecular weight excluding hydrogens is 320 g/mol. The van der Waals surface area contributed by atoms with Gasteiger partial charge in [0.15, 0.2) is 12.6 Å². The molecule has 3 rings (SSSR count). The zero-order chi connectivity index (χ0) is 17.4. The first-order valence-corrected chi connectivity index (χ1v) is 8.65. The van der Waals surface area contributed by atoms with Crippen molar-refractivity contribution in [2.45, 2.75) is 56.8 Å². The van der Waals surface area contributed by atoms with Crippen LogP contribution in [-0.2, 0) is 14.2 Å². The maximum absolute atomic E-state index is 10.0. The van der Waals surface area contributed by atoms with Gasteiger partial charge in [0, 0.05) is 11.8 Å². The Hall–Kier alpha value is -0.320. The van der Waals surface area contributed by atoms with Crippen LogP contribution in [0.3, 0.4) is 0 Å². The summed E-state index contributed by atoms with van der Waals surface area (Å²) < 4.78 is 16.5. The largest absolute Gasteiger partial charge is 0.394 e. The molecule has 10 atom stereocenters. The summed E-state index contributed by atoms with van der Waals surface area (Å²) in [4.78, 5) is 0. The molecule has 0 aromatic rings. The quantitative estimate of drug-likeness (QED) is 0.412. The molecule has 8 heteroatoms. The van der Waals surface area contributed by atoms with E-state index in [0.29, 0.717) is 12.5 Å². The summed E-state index contributed by atoms with van der Waals surface area (Å²) in [7, 11) is 0. The average molecular weight is 348 g/mol. The number of hydrogen-bond acceptors (Lipinski definition) is 8. The van der Waals surface area contributed by atoms with Gasteiger partial charge in [0.05, 0.1) is 19.8 Å². The van der Waals surface area contributed by atoms with Crippen LogP contribution >= 0.6 is 0 Å². The van der Waals surface area contributed by atoms with Crippen molar-refractivity contribution in [3.05, 3.63) is 0 Å². The number of rotatable bonds is 4. The van der Waals surface area contributed by atoms with E-state index in [9.17, 15) is 25.5 Å². The topological polar surface area (TPSA) is 129 Å². The fourth-order valence-corrected chi connectivity index (χ4v) is 4.36. The summed E-state index contributed by atoms with van der Waals surface area (Å²) in [5, 5.41) is 48.8. The third-order valence-corrected chi connectivity index (χ3v) is 5.85. The molecule has 2 aliphatic heterocycles. The Labute approximate surface area is 141 Å². The maximum atomic E-state index is 10.0. The van der Waals surface area contributed by atoms with Crippen LogP contribution in [-0.4, -0.2) is 82.3 Å². The van der Waals surface area contributed by atoms with Crippen LogP contribution in [0.25, 0.3) is 0 Å². The first-order valence-electron chi connectivity index (χ1n) is 8.65. The van der Waals surface area contributed by atoms with E-state index in [1.54, 1.807) is 0 Å². The molecule has 0 spiro atoms. The lowest BCUT2D eigenvalue weighted by Gasteiger charge is -2.42. The molecule has 0 aromatic carbocycles. The molecule has 3 fully saturated rings. The minimum Gasteiger partial charge on any atom is -0.394 e. The number of aliphatic hydroxyl groups is 5. The molecule has 5 N–H and O–H groups in total. The summed E-state index contributed by atoms with van der Waals surface area (Å²) >= 11 is 0. The first kappa shape index (κ1) is 18.5. The van der Waals surface area contributed by atoms with Crippen LogP contribution in [0.5, 0.6) is 0 Å². The highest BCUT2D eigenvalue weighted by Gasteiger charge is 2.48. The Morgan fingerprint density at radius 3 is 2.50 bits per heavy atom. The van der Waals surface area contributed by atoms with Gasteiger partial charge in [-0.3, -0.25) is 0 Å². The second-order valence-electron chi connectivity index (χ2n) is 7.31. The molecule has 3 aliphatic rings. The number of fused-ring (bicyclic) bond motifs is 1. The minimum absolute atomic E-state index is 0.0655. The van der Waals surface area contributed by atoms with Crippen molar-refractivity contribution in [2.75, 3.05) is 19.8 Å². The van der Waals surface area contributed by atoms with E-state index in [4.69, 9.17) is 14.2 Å². The van der Waals surface area contributed by atoms with Crippen LogP contribution in [0.15, 0.2) is 0 Å². The van der Waals surface area contributed by atoms with Gasteiger partial charge in [-0.15, -0.1) is 0 Å². The van der Waals surface area contributed by atoms with Crippen molar-refractivity contribution in [3.8, 4) is 0 Å². The highest BCUT2D eigenvalue weighted by molar-refractivity contribution is 4.92. The second-order valence-corrected chi connectivity index (χ2v) is 7.31. The molecule has 0 aromatic heterocycles.